The van der Waals surface area contributed by atoms with Gasteiger partial charge in [-0.1, -0.05) is 13.8 Å². The normalized spacial score (nSPS) is 45.4. The molecule has 1 aliphatic carbocycles. The van der Waals surface area contributed by atoms with Gasteiger partial charge in [0.25, 0.3) is 5.54 Å². The summed E-state index contributed by atoms with van der Waals surface area (Å²) in [5.41, 5.74) is -1.07. The Morgan fingerprint density at radius 2 is 2.21 bits per heavy atom. The highest BCUT2D eigenvalue weighted by Crippen LogP contribution is 2.45. The molecule has 0 amide bonds. The zero-order chi connectivity index (χ0) is 10.9. The number of halogens is 1. The van der Waals surface area contributed by atoms with Crippen molar-refractivity contribution in [3.8, 4) is 0 Å². The summed E-state index contributed by atoms with van der Waals surface area (Å²) in [5.74, 6) is -0.443. The molecule has 0 saturated heterocycles. The maximum Gasteiger partial charge on any atom is 0.263 e. The first-order valence-corrected chi connectivity index (χ1v) is 4.60. The fraction of sp³-hybridized carbons (Fsp3) is 0.700. The molecule has 0 bridgehead atoms. The van der Waals surface area contributed by atoms with Gasteiger partial charge in [0.2, 0.25) is 0 Å². The van der Waals surface area contributed by atoms with Crippen LogP contribution in [0.5, 0.6) is 0 Å². The maximum absolute atomic E-state index is 12.6. The highest BCUT2D eigenvalue weighted by atomic mass is 19.1. The molecule has 0 aliphatic heterocycles. The summed E-state index contributed by atoms with van der Waals surface area (Å²) in [7, 11) is 0. The Morgan fingerprint density at radius 1 is 1.64 bits per heavy atom. The van der Waals surface area contributed by atoms with Crippen molar-refractivity contribution in [2.24, 2.45) is 5.92 Å². The highest BCUT2D eigenvalue weighted by Gasteiger charge is 2.59. The Morgan fingerprint density at radius 3 is 2.50 bits per heavy atom. The molecular weight excluding hydrogens is 185 g/mol. The summed E-state index contributed by atoms with van der Waals surface area (Å²) in [5, 5.41) is 19.1. The Hall–Kier alpha value is -0.920. The minimum atomic E-state index is -1.25. The number of hydrogen-bond acceptors (Lipinski definition) is 2. The van der Waals surface area contributed by atoms with Gasteiger partial charge in [0.05, 0.1) is 23.9 Å². The van der Waals surface area contributed by atoms with Crippen LogP contribution in [0, 0.1) is 12.5 Å². The third-order valence-electron chi connectivity index (χ3n) is 3.26. The molecule has 1 rings (SSSR count). The lowest BCUT2D eigenvalue weighted by Crippen LogP contribution is -2.32. The Kier molecular flexibility index (Phi) is 2.93. The molecule has 0 aromatic carbocycles. The van der Waals surface area contributed by atoms with Gasteiger partial charge in [-0.15, -0.1) is 0 Å². The summed E-state index contributed by atoms with van der Waals surface area (Å²) < 4.78 is 12.6. The van der Waals surface area contributed by atoms with E-state index in [1.54, 1.807) is 13.8 Å². The van der Waals surface area contributed by atoms with Crippen molar-refractivity contribution < 1.29 is 14.6 Å². The Bertz CT molecular complexity index is 297. The molecule has 78 valence electrons. The van der Waals surface area contributed by atoms with Crippen molar-refractivity contribution in [3.05, 3.63) is 23.3 Å². The molecule has 1 aliphatic rings. The van der Waals surface area contributed by atoms with Crippen LogP contribution in [0.15, 0.2) is 11.9 Å². The average Bonchev–Trinajstić information content (AvgIpc) is 2.39. The van der Waals surface area contributed by atoms with Crippen LogP contribution >= 0.6 is 0 Å². The zero-order valence-corrected chi connectivity index (χ0v) is 8.24. The lowest BCUT2D eigenvalue weighted by molar-refractivity contribution is 0.0324. The summed E-state index contributed by atoms with van der Waals surface area (Å²) >= 11 is 0. The summed E-state index contributed by atoms with van der Waals surface area (Å²) in [6, 6.07) is 0. The van der Waals surface area contributed by atoms with E-state index in [9.17, 15) is 14.6 Å². The van der Waals surface area contributed by atoms with Gasteiger partial charge in [0.1, 0.15) is 6.10 Å². The van der Waals surface area contributed by atoms with Crippen LogP contribution in [-0.2, 0) is 0 Å². The Labute approximate surface area is 82.7 Å². The number of hydrogen-bond donors (Lipinski definition) is 2. The van der Waals surface area contributed by atoms with Crippen LogP contribution in [-0.4, -0.2) is 28.0 Å². The molecule has 0 heterocycles. The number of nitrogens with zero attached hydrogens (tertiary/aromatic N) is 1. The lowest BCUT2D eigenvalue weighted by atomic mass is 9.83. The van der Waals surface area contributed by atoms with Gasteiger partial charge < -0.3 is 15.1 Å². The van der Waals surface area contributed by atoms with Crippen molar-refractivity contribution in [2.75, 3.05) is 0 Å². The average molecular weight is 199 g/mol. The number of aliphatic hydroxyl groups excluding tert-OH is 2. The fourth-order valence-electron chi connectivity index (χ4n) is 2.19. The molecule has 3 nitrogen and oxygen atoms in total. The van der Waals surface area contributed by atoms with Crippen LogP contribution in [0.2, 0.25) is 0 Å². The highest BCUT2D eigenvalue weighted by molar-refractivity contribution is 5.36. The second-order valence-electron chi connectivity index (χ2n) is 3.68. The molecule has 0 radical (unpaired) electrons. The van der Waals surface area contributed by atoms with Gasteiger partial charge in [-0.2, -0.15) is 0 Å². The minimum Gasteiger partial charge on any atom is -0.389 e. The first kappa shape index (κ1) is 11.2. The summed E-state index contributed by atoms with van der Waals surface area (Å²) in [6.07, 6.45) is -1.64. The van der Waals surface area contributed by atoms with Crippen LogP contribution < -0.4 is 0 Å². The predicted molar refractivity (Wildman–Crippen MR) is 50.0 cm³/mol. The third-order valence-corrected chi connectivity index (χ3v) is 3.26. The third kappa shape index (κ3) is 1.17. The van der Waals surface area contributed by atoms with Gasteiger partial charge in [-0.3, -0.25) is 0 Å². The van der Waals surface area contributed by atoms with Crippen LogP contribution in [0.1, 0.15) is 20.3 Å². The van der Waals surface area contributed by atoms with E-state index in [-0.39, 0.29) is 11.9 Å². The van der Waals surface area contributed by atoms with E-state index >= 15 is 0 Å². The maximum atomic E-state index is 12.6. The van der Waals surface area contributed by atoms with Crippen LogP contribution in [0.4, 0.5) is 4.39 Å². The molecule has 1 fully saturated rings. The van der Waals surface area contributed by atoms with E-state index in [1.165, 1.54) is 0 Å². The summed E-state index contributed by atoms with van der Waals surface area (Å²) in [6.45, 7) is 10.5. The van der Waals surface area contributed by atoms with Crippen molar-refractivity contribution in [3.63, 3.8) is 0 Å². The van der Waals surface area contributed by atoms with E-state index in [2.05, 4.69) is 4.85 Å². The second-order valence-corrected chi connectivity index (χ2v) is 3.68. The molecule has 0 spiro atoms. The molecular formula is C10H14FNO2. The zero-order valence-electron chi connectivity index (χ0n) is 8.24. The van der Waals surface area contributed by atoms with E-state index in [0.717, 1.165) is 0 Å². The monoisotopic (exact) mass is 199 g/mol. The smallest absolute Gasteiger partial charge is 0.263 e. The second kappa shape index (κ2) is 3.68. The van der Waals surface area contributed by atoms with Crippen molar-refractivity contribution >= 4 is 0 Å². The first-order chi connectivity index (χ1) is 6.55. The van der Waals surface area contributed by atoms with Crippen LogP contribution in [0.25, 0.3) is 4.85 Å². The van der Waals surface area contributed by atoms with E-state index in [0.29, 0.717) is 6.42 Å². The standard InChI is InChI=1S/C10H14FNO2/c1-4-10(12-3)6(2)8(13)9(14)7(10)5-11/h5-6,8-9,13-14H,4H2,1-2H3/b7-5-/t6-,8+,9-,10-/m0/s1. The first-order valence-electron chi connectivity index (χ1n) is 4.60. The van der Waals surface area contributed by atoms with Crippen molar-refractivity contribution in [1.29, 1.82) is 0 Å². The molecule has 0 aromatic heterocycles. The van der Waals surface area contributed by atoms with Gasteiger partial charge in [0.15, 0.2) is 0 Å². The molecule has 4 heteroatoms. The van der Waals surface area contributed by atoms with E-state index in [1.807, 2.05) is 0 Å². The fourth-order valence-corrected chi connectivity index (χ4v) is 2.19. The number of rotatable bonds is 1. The number of aliphatic hydroxyl groups is 2. The van der Waals surface area contributed by atoms with Gasteiger partial charge >= 0.3 is 0 Å². The van der Waals surface area contributed by atoms with Gasteiger partial charge in [-0.05, 0) is 0 Å². The lowest BCUT2D eigenvalue weighted by Gasteiger charge is -2.20. The van der Waals surface area contributed by atoms with Crippen LogP contribution in [0.3, 0.4) is 0 Å². The summed E-state index contributed by atoms with van der Waals surface area (Å²) in [4.78, 5) is 3.39. The minimum absolute atomic E-state index is 0.00926. The van der Waals surface area contributed by atoms with Crippen molar-refractivity contribution in [1.82, 2.24) is 0 Å². The topological polar surface area (TPSA) is 44.8 Å². The Balaban J connectivity index is 3.24. The van der Waals surface area contributed by atoms with E-state index < -0.39 is 23.7 Å². The van der Waals surface area contributed by atoms with E-state index in [4.69, 9.17) is 6.57 Å². The SMILES string of the molecule is [C-]#[N+][C@]1(CC)/C(=C\F)[C@H](O)[C@H](O)[C@@H]1C. The molecule has 0 unspecified atom stereocenters. The van der Waals surface area contributed by atoms with Crippen molar-refractivity contribution in [2.45, 2.75) is 38.0 Å². The molecule has 2 N–H and O–H groups in total. The molecule has 1 saturated carbocycles. The predicted octanol–water partition coefficient (Wildman–Crippen LogP) is 1.28. The largest absolute Gasteiger partial charge is 0.389 e. The molecule has 14 heavy (non-hydrogen) atoms. The van der Waals surface area contributed by atoms with Gasteiger partial charge in [0, 0.05) is 6.42 Å². The molecule has 0 aromatic rings. The quantitative estimate of drug-likeness (QED) is 0.625. The molecule has 4 atom stereocenters. The van der Waals surface area contributed by atoms with Gasteiger partial charge in [-0.25, -0.2) is 11.0 Å².